The minimum absolute atomic E-state index is 0.361. The molecule has 0 aliphatic rings. The monoisotopic (exact) mass is 277 g/mol. The van der Waals surface area contributed by atoms with E-state index in [1.165, 1.54) is 19.3 Å². The molecule has 4 nitrogen and oxygen atoms in total. The van der Waals surface area contributed by atoms with Gasteiger partial charge in [-0.05, 0) is 37.0 Å². The van der Waals surface area contributed by atoms with E-state index in [2.05, 4.69) is 17.2 Å². The predicted octanol–water partition coefficient (Wildman–Crippen LogP) is 2.99. The minimum Gasteiger partial charge on any atom is -0.507 e. The van der Waals surface area contributed by atoms with Gasteiger partial charge in [0.1, 0.15) is 5.75 Å². The smallest absolute Gasteiger partial charge is 0.188 e. The van der Waals surface area contributed by atoms with Crippen LogP contribution >= 0.6 is 0 Å². The zero-order valence-corrected chi connectivity index (χ0v) is 12.9. The first kappa shape index (κ1) is 16.3. The van der Waals surface area contributed by atoms with E-state index >= 15 is 0 Å². The normalized spacial score (nSPS) is 11.7. The second-order valence-electron chi connectivity index (χ2n) is 5.27. The van der Waals surface area contributed by atoms with Crippen LogP contribution in [0.15, 0.2) is 17.1 Å². The van der Waals surface area contributed by atoms with Crippen LogP contribution in [0, 0.1) is 13.8 Å². The van der Waals surface area contributed by atoms with Crippen LogP contribution in [0.1, 0.15) is 49.3 Å². The Bertz CT molecular complexity index is 432. The molecule has 0 aliphatic carbocycles. The van der Waals surface area contributed by atoms with Crippen molar-refractivity contribution >= 4 is 5.96 Å². The topological polar surface area (TPSA) is 70.6 Å². The van der Waals surface area contributed by atoms with E-state index in [1.807, 2.05) is 26.0 Å². The number of phenols is 1. The molecule has 0 amide bonds. The maximum Gasteiger partial charge on any atom is 0.188 e. The van der Waals surface area contributed by atoms with Gasteiger partial charge in [-0.15, -0.1) is 0 Å². The number of nitrogens with one attached hydrogen (secondary N) is 1. The molecule has 0 atom stereocenters. The third kappa shape index (κ3) is 5.51. The summed E-state index contributed by atoms with van der Waals surface area (Å²) in [6, 6.07) is 3.89. The highest BCUT2D eigenvalue weighted by atomic mass is 16.3. The second-order valence-corrected chi connectivity index (χ2v) is 5.27. The number of benzene rings is 1. The van der Waals surface area contributed by atoms with Crippen molar-refractivity contribution in [1.82, 2.24) is 5.32 Å². The number of guanidine groups is 1. The number of aliphatic imine (C=N–C) groups is 1. The number of aromatic hydroxyl groups is 1. The summed E-state index contributed by atoms with van der Waals surface area (Å²) in [5.74, 6) is 0.852. The molecule has 0 fully saturated rings. The van der Waals surface area contributed by atoms with Crippen molar-refractivity contribution in [1.29, 1.82) is 0 Å². The van der Waals surface area contributed by atoms with Crippen LogP contribution in [0.25, 0.3) is 0 Å². The fourth-order valence-electron chi connectivity index (χ4n) is 2.14. The fraction of sp³-hybridized carbons (Fsp3) is 0.562. The van der Waals surface area contributed by atoms with Gasteiger partial charge in [-0.2, -0.15) is 0 Å². The molecule has 0 saturated heterocycles. The largest absolute Gasteiger partial charge is 0.507 e. The molecule has 0 heterocycles. The van der Waals surface area contributed by atoms with Gasteiger partial charge in [-0.25, -0.2) is 4.99 Å². The predicted molar refractivity (Wildman–Crippen MR) is 85.1 cm³/mol. The highest BCUT2D eigenvalue weighted by molar-refractivity contribution is 5.77. The van der Waals surface area contributed by atoms with Gasteiger partial charge in [0.05, 0.1) is 6.54 Å². The van der Waals surface area contributed by atoms with Gasteiger partial charge >= 0.3 is 0 Å². The number of nitrogens with zero attached hydrogens (tertiary/aromatic N) is 1. The number of hydrogen-bond donors (Lipinski definition) is 3. The molecule has 20 heavy (non-hydrogen) atoms. The molecular formula is C16H27N3O. The number of phenolic OH excluding ortho intramolecular Hbond substituents is 1. The molecule has 0 spiro atoms. The van der Waals surface area contributed by atoms with Crippen LogP contribution < -0.4 is 11.1 Å². The van der Waals surface area contributed by atoms with E-state index in [1.54, 1.807) is 0 Å². The number of hydrogen-bond acceptors (Lipinski definition) is 2. The quantitative estimate of drug-likeness (QED) is 0.407. The Morgan fingerprint density at radius 3 is 2.45 bits per heavy atom. The Morgan fingerprint density at radius 1 is 1.20 bits per heavy atom. The molecular weight excluding hydrogens is 250 g/mol. The molecule has 0 radical (unpaired) electrons. The molecule has 112 valence electrons. The molecule has 1 aromatic rings. The molecule has 0 unspecified atom stereocenters. The fourth-order valence-corrected chi connectivity index (χ4v) is 2.14. The standard InChI is InChI=1S/C16H27N3O/c1-4-5-6-7-8-18-16(17)19-11-14-9-12(2)15(20)13(3)10-14/h9-10,20H,4-8,11H2,1-3H3,(H3,17,18,19). The molecule has 0 aliphatic heterocycles. The summed E-state index contributed by atoms with van der Waals surface area (Å²) in [6.07, 6.45) is 4.86. The van der Waals surface area contributed by atoms with Crippen molar-refractivity contribution in [3.05, 3.63) is 28.8 Å². The Balaban J connectivity index is 2.42. The second kappa shape index (κ2) is 8.46. The van der Waals surface area contributed by atoms with Gasteiger partial charge in [0.15, 0.2) is 5.96 Å². The van der Waals surface area contributed by atoms with Crippen LogP contribution in [-0.2, 0) is 6.54 Å². The van der Waals surface area contributed by atoms with Crippen molar-refractivity contribution in [3.63, 3.8) is 0 Å². The Labute approximate surface area is 122 Å². The SMILES string of the molecule is CCCCCCNC(N)=NCc1cc(C)c(O)c(C)c1. The van der Waals surface area contributed by atoms with Crippen molar-refractivity contribution < 1.29 is 5.11 Å². The van der Waals surface area contributed by atoms with Crippen LogP contribution in [0.3, 0.4) is 0 Å². The first-order chi connectivity index (χ1) is 9.54. The zero-order chi connectivity index (χ0) is 15.0. The van der Waals surface area contributed by atoms with E-state index in [-0.39, 0.29) is 0 Å². The van der Waals surface area contributed by atoms with Gasteiger partial charge in [-0.1, -0.05) is 38.3 Å². The third-order valence-corrected chi connectivity index (χ3v) is 3.32. The van der Waals surface area contributed by atoms with E-state index in [4.69, 9.17) is 5.73 Å². The van der Waals surface area contributed by atoms with Crippen LogP contribution in [0.4, 0.5) is 0 Å². The van der Waals surface area contributed by atoms with E-state index in [0.29, 0.717) is 18.3 Å². The zero-order valence-electron chi connectivity index (χ0n) is 12.9. The summed E-state index contributed by atoms with van der Waals surface area (Å²) in [5.41, 5.74) is 8.65. The van der Waals surface area contributed by atoms with Gasteiger partial charge < -0.3 is 16.2 Å². The number of nitrogens with two attached hydrogens (primary N) is 1. The molecule has 4 heteroatoms. The van der Waals surface area contributed by atoms with Crippen LogP contribution in [0.2, 0.25) is 0 Å². The number of unbranched alkanes of at least 4 members (excludes halogenated alkanes) is 3. The minimum atomic E-state index is 0.361. The van der Waals surface area contributed by atoms with Gasteiger partial charge in [0.25, 0.3) is 0 Å². The lowest BCUT2D eigenvalue weighted by molar-refractivity contribution is 0.466. The molecule has 4 N–H and O–H groups in total. The van der Waals surface area contributed by atoms with Crippen molar-refractivity contribution in [3.8, 4) is 5.75 Å². The summed E-state index contributed by atoms with van der Waals surface area (Å²) in [4.78, 5) is 4.33. The van der Waals surface area contributed by atoms with Gasteiger partial charge in [0, 0.05) is 6.54 Å². The molecule has 1 aromatic carbocycles. The van der Waals surface area contributed by atoms with Crippen molar-refractivity contribution in [2.24, 2.45) is 10.7 Å². The van der Waals surface area contributed by atoms with E-state index in [9.17, 15) is 5.11 Å². The molecule has 0 saturated carbocycles. The van der Waals surface area contributed by atoms with Gasteiger partial charge in [-0.3, -0.25) is 0 Å². The van der Waals surface area contributed by atoms with Crippen LogP contribution in [-0.4, -0.2) is 17.6 Å². The Hall–Kier alpha value is -1.71. The van der Waals surface area contributed by atoms with Crippen molar-refractivity contribution in [2.45, 2.75) is 53.0 Å². The van der Waals surface area contributed by atoms with Crippen LogP contribution in [0.5, 0.6) is 5.75 Å². The molecule has 0 aromatic heterocycles. The first-order valence-electron chi connectivity index (χ1n) is 7.37. The Kier molecular flexibility index (Phi) is 6.91. The maximum absolute atomic E-state index is 9.72. The summed E-state index contributed by atoms with van der Waals surface area (Å²) in [6.45, 7) is 7.40. The summed E-state index contributed by atoms with van der Waals surface area (Å²) < 4.78 is 0. The van der Waals surface area contributed by atoms with E-state index in [0.717, 1.165) is 29.7 Å². The molecule has 1 rings (SSSR count). The highest BCUT2D eigenvalue weighted by Gasteiger charge is 2.03. The first-order valence-corrected chi connectivity index (χ1v) is 7.37. The summed E-state index contributed by atoms with van der Waals surface area (Å²) in [7, 11) is 0. The average molecular weight is 277 g/mol. The lowest BCUT2D eigenvalue weighted by atomic mass is 10.1. The third-order valence-electron chi connectivity index (χ3n) is 3.32. The highest BCUT2D eigenvalue weighted by Crippen LogP contribution is 2.23. The molecule has 0 bridgehead atoms. The maximum atomic E-state index is 9.72. The lowest BCUT2D eigenvalue weighted by Crippen LogP contribution is -2.32. The summed E-state index contributed by atoms with van der Waals surface area (Å²) >= 11 is 0. The van der Waals surface area contributed by atoms with E-state index < -0.39 is 0 Å². The Morgan fingerprint density at radius 2 is 1.85 bits per heavy atom. The number of aryl methyl sites for hydroxylation is 2. The van der Waals surface area contributed by atoms with Gasteiger partial charge in [0.2, 0.25) is 0 Å². The number of rotatable bonds is 7. The summed E-state index contributed by atoms with van der Waals surface area (Å²) in [5, 5.41) is 12.9. The average Bonchev–Trinajstić information content (AvgIpc) is 2.42. The lowest BCUT2D eigenvalue weighted by Gasteiger charge is -2.08. The van der Waals surface area contributed by atoms with Crippen molar-refractivity contribution in [2.75, 3.05) is 6.54 Å².